The Balaban J connectivity index is 1.38. The molecule has 0 spiro atoms. The van der Waals surface area contributed by atoms with Gasteiger partial charge in [-0.3, -0.25) is 14.9 Å². The highest BCUT2D eigenvalue weighted by Crippen LogP contribution is 2.39. The van der Waals surface area contributed by atoms with Crippen molar-refractivity contribution in [3.63, 3.8) is 0 Å². The summed E-state index contributed by atoms with van der Waals surface area (Å²) in [5.41, 5.74) is 2.57. The lowest BCUT2D eigenvalue weighted by Crippen LogP contribution is -2.26. The molecule has 1 aliphatic carbocycles. The van der Waals surface area contributed by atoms with Gasteiger partial charge in [0.1, 0.15) is 5.76 Å². The molecule has 1 aromatic carbocycles. The number of ether oxygens (including phenoxy) is 2. The number of nitrogens with one attached hydrogen (secondary N) is 1. The van der Waals surface area contributed by atoms with Crippen LogP contribution in [0.3, 0.4) is 0 Å². The Labute approximate surface area is 177 Å². The van der Waals surface area contributed by atoms with Gasteiger partial charge >= 0.3 is 0 Å². The molecule has 2 aromatic heterocycles. The standard InChI is InChI=1S/C22H20N2O5S/c1-11-18-14(25)7-22(2,3)8-17(18)29-19(11)20(26)24-21-23-13(9-30-21)12-4-5-15-16(6-12)28-10-27-15/h4-6,9H,7-8,10H2,1-3H3,(H,23,24,26). The highest BCUT2D eigenvalue weighted by molar-refractivity contribution is 7.14. The minimum absolute atomic E-state index is 0.0286. The quantitative estimate of drug-likeness (QED) is 0.646. The number of rotatable bonds is 3. The largest absolute Gasteiger partial charge is 0.455 e. The Hall–Kier alpha value is -3.13. The SMILES string of the molecule is Cc1c(C(=O)Nc2nc(-c3ccc4c(c3)OCO4)cs2)oc2c1C(=O)CC(C)(C)C2. The number of carbonyl (C=O) groups excluding carboxylic acids is 2. The lowest BCUT2D eigenvalue weighted by Gasteiger charge is -2.27. The monoisotopic (exact) mass is 424 g/mol. The maximum atomic E-state index is 12.8. The molecule has 0 saturated carbocycles. The van der Waals surface area contributed by atoms with E-state index >= 15 is 0 Å². The first-order valence-corrected chi connectivity index (χ1v) is 10.5. The maximum Gasteiger partial charge on any atom is 0.293 e. The number of benzene rings is 1. The lowest BCUT2D eigenvalue weighted by molar-refractivity contribution is 0.0898. The van der Waals surface area contributed by atoms with Gasteiger partial charge in [-0.25, -0.2) is 4.98 Å². The lowest BCUT2D eigenvalue weighted by atomic mass is 9.76. The molecule has 0 atom stereocenters. The van der Waals surface area contributed by atoms with Gasteiger partial charge in [0, 0.05) is 29.3 Å². The van der Waals surface area contributed by atoms with Gasteiger partial charge in [0.15, 0.2) is 28.2 Å². The molecule has 3 aromatic rings. The Morgan fingerprint density at radius 3 is 2.83 bits per heavy atom. The van der Waals surface area contributed by atoms with E-state index in [4.69, 9.17) is 13.9 Å². The van der Waals surface area contributed by atoms with Crippen molar-refractivity contribution in [1.82, 2.24) is 4.98 Å². The molecule has 8 heteroatoms. The van der Waals surface area contributed by atoms with Crippen molar-refractivity contribution in [1.29, 1.82) is 0 Å². The third-order valence-corrected chi connectivity index (χ3v) is 6.13. The number of hydrogen-bond donors (Lipinski definition) is 1. The third kappa shape index (κ3) is 3.17. The van der Waals surface area contributed by atoms with Gasteiger partial charge in [0.25, 0.3) is 5.91 Å². The predicted octanol–water partition coefficient (Wildman–Crippen LogP) is 4.85. The first-order valence-electron chi connectivity index (χ1n) is 9.63. The number of anilines is 1. The third-order valence-electron chi connectivity index (χ3n) is 5.38. The normalized spacial score (nSPS) is 16.4. The van der Waals surface area contributed by atoms with Crippen LogP contribution in [-0.2, 0) is 6.42 Å². The number of aromatic nitrogens is 1. The number of carbonyl (C=O) groups is 2. The number of hydrogen-bond acceptors (Lipinski definition) is 7. The first kappa shape index (κ1) is 18.9. The van der Waals surface area contributed by atoms with Gasteiger partial charge in [-0.05, 0) is 30.5 Å². The van der Waals surface area contributed by atoms with Gasteiger partial charge in [-0.2, -0.15) is 0 Å². The van der Waals surface area contributed by atoms with E-state index in [9.17, 15) is 9.59 Å². The second-order valence-electron chi connectivity index (χ2n) is 8.36. The Kier molecular flexibility index (Phi) is 4.21. The van der Waals surface area contributed by atoms with Gasteiger partial charge in [0.05, 0.1) is 11.3 Å². The van der Waals surface area contributed by atoms with Crippen molar-refractivity contribution in [2.75, 3.05) is 12.1 Å². The van der Waals surface area contributed by atoms with Gasteiger partial charge in [-0.1, -0.05) is 13.8 Å². The van der Waals surface area contributed by atoms with Crippen LogP contribution >= 0.6 is 11.3 Å². The van der Waals surface area contributed by atoms with E-state index in [-0.39, 0.29) is 23.8 Å². The minimum atomic E-state index is -0.404. The number of nitrogens with zero attached hydrogens (tertiary/aromatic N) is 1. The van der Waals surface area contributed by atoms with Gasteiger partial charge in [-0.15, -0.1) is 11.3 Å². The molecule has 3 heterocycles. The summed E-state index contributed by atoms with van der Waals surface area (Å²) < 4.78 is 16.6. The van der Waals surface area contributed by atoms with Gasteiger partial charge < -0.3 is 13.9 Å². The van der Waals surface area contributed by atoms with Crippen molar-refractivity contribution in [2.45, 2.75) is 33.6 Å². The molecule has 7 nitrogen and oxygen atoms in total. The van der Waals surface area contributed by atoms with Crippen LogP contribution in [0.1, 0.15) is 52.5 Å². The average Bonchev–Trinajstić information content (AvgIpc) is 3.38. The van der Waals surface area contributed by atoms with E-state index in [1.54, 1.807) is 6.92 Å². The predicted molar refractivity (Wildman–Crippen MR) is 112 cm³/mol. The summed E-state index contributed by atoms with van der Waals surface area (Å²) in [5, 5.41) is 5.11. The summed E-state index contributed by atoms with van der Waals surface area (Å²) in [6.07, 6.45) is 1.08. The first-order chi connectivity index (χ1) is 14.3. The molecule has 1 N–H and O–H groups in total. The molecule has 1 aliphatic heterocycles. The number of furan rings is 1. The zero-order valence-electron chi connectivity index (χ0n) is 16.8. The second-order valence-corrected chi connectivity index (χ2v) is 9.21. The second kappa shape index (κ2) is 6.70. The van der Waals surface area contributed by atoms with Crippen molar-refractivity contribution >= 4 is 28.2 Å². The molecule has 0 fully saturated rings. The molecule has 0 bridgehead atoms. The highest BCUT2D eigenvalue weighted by atomic mass is 32.1. The minimum Gasteiger partial charge on any atom is -0.455 e. The Morgan fingerprint density at radius 2 is 2.00 bits per heavy atom. The fourth-order valence-corrected chi connectivity index (χ4v) is 4.69. The summed E-state index contributed by atoms with van der Waals surface area (Å²) >= 11 is 1.32. The number of ketones is 1. The average molecular weight is 424 g/mol. The van der Waals surface area contributed by atoms with Crippen LogP contribution in [0.4, 0.5) is 5.13 Å². The van der Waals surface area contributed by atoms with Crippen molar-refractivity contribution in [3.8, 4) is 22.8 Å². The molecule has 0 unspecified atom stereocenters. The van der Waals surface area contributed by atoms with Crippen LogP contribution in [0, 0.1) is 12.3 Å². The molecule has 1 amide bonds. The smallest absolute Gasteiger partial charge is 0.293 e. The fraction of sp³-hybridized carbons (Fsp3) is 0.318. The number of amides is 1. The molecule has 5 rings (SSSR count). The van der Waals surface area contributed by atoms with E-state index in [0.29, 0.717) is 46.4 Å². The van der Waals surface area contributed by atoms with Crippen molar-refractivity contribution < 1.29 is 23.5 Å². The zero-order valence-corrected chi connectivity index (χ0v) is 17.6. The zero-order chi connectivity index (χ0) is 21.0. The summed E-state index contributed by atoms with van der Waals surface area (Å²) in [5.74, 6) is 1.78. The van der Waals surface area contributed by atoms with E-state index in [1.807, 2.05) is 37.4 Å². The molecular formula is C22H20N2O5S. The summed E-state index contributed by atoms with van der Waals surface area (Å²) in [7, 11) is 0. The fourth-order valence-electron chi connectivity index (χ4n) is 3.97. The highest BCUT2D eigenvalue weighted by Gasteiger charge is 2.37. The van der Waals surface area contributed by atoms with Crippen molar-refractivity contribution in [3.05, 3.63) is 46.2 Å². The van der Waals surface area contributed by atoms with Crippen molar-refractivity contribution in [2.24, 2.45) is 5.41 Å². The molecule has 0 saturated heterocycles. The van der Waals surface area contributed by atoms with Crippen LogP contribution in [0.15, 0.2) is 28.0 Å². The van der Waals surface area contributed by atoms with Crippen LogP contribution < -0.4 is 14.8 Å². The van der Waals surface area contributed by atoms with Crippen LogP contribution in [0.5, 0.6) is 11.5 Å². The summed E-state index contributed by atoms with van der Waals surface area (Å²) in [4.78, 5) is 29.9. The molecule has 30 heavy (non-hydrogen) atoms. The Morgan fingerprint density at radius 1 is 1.20 bits per heavy atom. The summed E-state index contributed by atoms with van der Waals surface area (Å²) in [6, 6.07) is 5.60. The van der Waals surface area contributed by atoms with Gasteiger partial charge in [0.2, 0.25) is 6.79 Å². The molecule has 2 aliphatic rings. The number of thiazole rings is 1. The van der Waals surface area contributed by atoms with E-state index < -0.39 is 5.91 Å². The van der Waals surface area contributed by atoms with Crippen LogP contribution in [0.25, 0.3) is 11.3 Å². The molecule has 154 valence electrons. The number of fused-ring (bicyclic) bond motifs is 2. The van der Waals surface area contributed by atoms with E-state index in [0.717, 1.165) is 11.3 Å². The number of Topliss-reactive ketones (excluding diaryl/α,β-unsaturated/α-hetero) is 1. The molecular weight excluding hydrogens is 404 g/mol. The van der Waals surface area contributed by atoms with Crippen LogP contribution in [0.2, 0.25) is 0 Å². The van der Waals surface area contributed by atoms with E-state index in [2.05, 4.69) is 10.3 Å². The molecule has 0 radical (unpaired) electrons. The van der Waals surface area contributed by atoms with E-state index in [1.165, 1.54) is 11.3 Å². The Bertz CT molecular complexity index is 1190. The topological polar surface area (TPSA) is 90.7 Å². The summed E-state index contributed by atoms with van der Waals surface area (Å²) in [6.45, 7) is 6.02. The van der Waals surface area contributed by atoms with Crippen LogP contribution in [-0.4, -0.2) is 23.5 Å². The maximum absolute atomic E-state index is 12.8.